The minimum absolute atomic E-state index is 0. The van der Waals surface area contributed by atoms with Crippen LogP contribution in [0.3, 0.4) is 0 Å². The predicted octanol–water partition coefficient (Wildman–Crippen LogP) is 6.61. The summed E-state index contributed by atoms with van der Waals surface area (Å²) < 4.78 is 2.82. The van der Waals surface area contributed by atoms with Gasteiger partial charge in [0, 0.05) is 11.4 Å². The summed E-state index contributed by atoms with van der Waals surface area (Å²) in [4.78, 5) is 17.2. The lowest BCUT2D eigenvalue weighted by Gasteiger charge is -1.95. The maximum Gasteiger partial charge on any atom is 0.184 e. The molecule has 5 nitrogen and oxygen atoms in total. The topological polar surface area (TPSA) is 75.3 Å². The number of hydrogen-bond donors (Lipinski definition) is 0. The molecule has 8 heteroatoms. The first-order valence-corrected chi connectivity index (χ1v) is 9.89. The van der Waals surface area contributed by atoms with Gasteiger partial charge >= 0.3 is 0 Å². The van der Waals surface area contributed by atoms with Crippen LogP contribution < -0.4 is 0 Å². The normalized spacial score (nSPS) is 9.86. The second kappa shape index (κ2) is 9.87. The van der Waals surface area contributed by atoms with Crippen molar-refractivity contribution in [1.82, 2.24) is 19.9 Å². The second-order valence-corrected chi connectivity index (χ2v) is 8.53. The van der Waals surface area contributed by atoms with E-state index < -0.39 is 0 Å². The van der Waals surface area contributed by atoms with Gasteiger partial charge in [0.05, 0.1) is 33.3 Å². The summed E-state index contributed by atoms with van der Waals surface area (Å²) >= 11 is 8.86. The molecule has 0 unspecified atom stereocenters. The van der Waals surface area contributed by atoms with Crippen molar-refractivity contribution in [3.63, 3.8) is 0 Å². The Morgan fingerprint density at radius 3 is 1.89 bits per heavy atom. The number of rotatable bonds is 1. The number of hydrogen-bond acceptors (Lipinski definition) is 7. The van der Waals surface area contributed by atoms with Gasteiger partial charge in [0.15, 0.2) is 4.47 Å². The minimum atomic E-state index is 0. The fraction of sp³-hybridized carbons (Fsp3) is 0.350. The van der Waals surface area contributed by atoms with Gasteiger partial charge in [-0.25, -0.2) is 9.97 Å². The van der Waals surface area contributed by atoms with Crippen molar-refractivity contribution >= 4 is 54.7 Å². The molecule has 0 atom stereocenters. The van der Waals surface area contributed by atoms with Gasteiger partial charge in [-0.15, -0.1) is 22.7 Å². The molecule has 4 aromatic rings. The third-order valence-corrected chi connectivity index (χ3v) is 5.72. The number of nitrogens with zero attached hydrogens (tertiary/aromatic N) is 5. The molecule has 0 radical (unpaired) electrons. The van der Waals surface area contributed by atoms with E-state index in [2.05, 4.69) is 26.0 Å². The third kappa shape index (κ3) is 5.22. The number of halogens is 1. The molecule has 0 aromatic carbocycles. The third-order valence-electron chi connectivity index (χ3n) is 3.61. The zero-order valence-corrected chi connectivity index (χ0v) is 17.2. The van der Waals surface area contributed by atoms with Crippen LogP contribution in [0.5, 0.6) is 0 Å². The van der Waals surface area contributed by atoms with E-state index >= 15 is 0 Å². The van der Waals surface area contributed by atoms with Crippen molar-refractivity contribution in [3.05, 3.63) is 44.4 Å². The molecule has 28 heavy (non-hydrogen) atoms. The molecule has 4 aromatic heterocycles. The lowest BCUT2D eigenvalue weighted by molar-refractivity contribution is 1.13. The SMILES string of the molecule is C.C.Cc1cc2sc(CC#N)nc2c(C)n1.Cc1cc2sc(Cl)nc2c(C)n1. The largest absolute Gasteiger partial charge is 0.256 e. The van der Waals surface area contributed by atoms with Crippen LogP contribution in [-0.2, 0) is 6.42 Å². The van der Waals surface area contributed by atoms with Gasteiger partial charge < -0.3 is 0 Å². The zero-order chi connectivity index (χ0) is 18.8. The van der Waals surface area contributed by atoms with Crippen LogP contribution in [0.4, 0.5) is 0 Å². The first kappa shape index (κ1) is 23.9. The van der Waals surface area contributed by atoms with E-state index in [0.29, 0.717) is 10.9 Å². The number of pyridine rings is 2. The molecule has 4 rings (SSSR count). The molecule has 0 bridgehead atoms. The average Bonchev–Trinajstić information content (AvgIpc) is 3.11. The van der Waals surface area contributed by atoms with E-state index in [1.54, 1.807) is 11.3 Å². The van der Waals surface area contributed by atoms with Gasteiger partial charge in [-0.1, -0.05) is 26.5 Å². The van der Waals surface area contributed by atoms with E-state index in [-0.39, 0.29) is 14.9 Å². The standard InChI is InChI=1S/C10H9N3S.C8H7ClN2S.2CH4/c1-6-5-8-10(7(2)12-6)13-9(14-8)3-4-11;1-4-3-6-7(5(2)10-4)11-8(9)12-6;;/h5H,3H2,1-2H3;3H,1-2H3;2*1H4. The summed E-state index contributed by atoms with van der Waals surface area (Å²) in [5.41, 5.74) is 5.78. The predicted molar refractivity (Wildman–Crippen MR) is 122 cm³/mol. The highest BCUT2D eigenvalue weighted by molar-refractivity contribution is 7.22. The number of aromatic nitrogens is 4. The highest BCUT2D eigenvalue weighted by atomic mass is 35.5. The number of fused-ring (bicyclic) bond motifs is 2. The molecular weight excluding hydrogens is 410 g/mol. The maximum atomic E-state index is 8.57. The van der Waals surface area contributed by atoms with Crippen LogP contribution in [0.15, 0.2) is 12.1 Å². The number of nitriles is 1. The molecule has 0 aliphatic heterocycles. The Balaban J connectivity index is 0.000000264. The van der Waals surface area contributed by atoms with Crippen molar-refractivity contribution in [1.29, 1.82) is 5.26 Å². The van der Waals surface area contributed by atoms with Crippen molar-refractivity contribution in [2.45, 2.75) is 49.0 Å². The molecule has 0 spiro atoms. The highest BCUT2D eigenvalue weighted by Gasteiger charge is 2.07. The Hall–Kier alpha value is -2.14. The van der Waals surface area contributed by atoms with Crippen LogP contribution in [-0.4, -0.2) is 19.9 Å². The van der Waals surface area contributed by atoms with Gasteiger partial charge in [-0.05, 0) is 39.8 Å². The molecule has 0 aliphatic rings. The van der Waals surface area contributed by atoms with E-state index in [1.807, 2.05) is 39.8 Å². The van der Waals surface area contributed by atoms with Crippen molar-refractivity contribution in [2.24, 2.45) is 0 Å². The summed E-state index contributed by atoms with van der Waals surface area (Å²) in [6, 6.07) is 6.13. The monoisotopic (exact) mass is 433 g/mol. The highest BCUT2D eigenvalue weighted by Crippen LogP contribution is 2.27. The van der Waals surface area contributed by atoms with Crippen LogP contribution in [0.25, 0.3) is 20.4 Å². The van der Waals surface area contributed by atoms with Crippen LogP contribution in [0.2, 0.25) is 4.47 Å². The summed E-state index contributed by atoms with van der Waals surface area (Å²) in [5, 5.41) is 9.44. The van der Waals surface area contributed by atoms with E-state index in [0.717, 1.165) is 48.2 Å². The lowest BCUT2D eigenvalue weighted by Crippen LogP contribution is -1.86. The average molecular weight is 434 g/mol. The van der Waals surface area contributed by atoms with E-state index in [4.69, 9.17) is 16.9 Å². The Morgan fingerprint density at radius 1 is 0.857 bits per heavy atom. The van der Waals surface area contributed by atoms with Gasteiger partial charge in [-0.2, -0.15) is 5.26 Å². The number of aryl methyl sites for hydroxylation is 4. The van der Waals surface area contributed by atoms with Gasteiger partial charge in [-0.3, -0.25) is 9.97 Å². The summed E-state index contributed by atoms with van der Waals surface area (Å²) in [6.45, 7) is 7.84. The molecule has 0 aliphatic carbocycles. The smallest absolute Gasteiger partial charge is 0.184 e. The molecule has 4 heterocycles. The molecule has 0 fully saturated rings. The summed E-state index contributed by atoms with van der Waals surface area (Å²) in [6.07, 6.45) is 0.387. The lowest BCUT2D eigenvalue weighted by atomic mass is 10.3. The van der Waals surface area contributed by atoms with Crippen LogP contribution in [0.1, 0.15) is 42.6 Å². The van der Waals surface area contributed by atoms with Gasteiger partial charge in [0.1, 0.15) is 16.0 Å². The molecule has 0 saturated heterocycles. The first-order chi connectivity index (χ1) is 12.4. The summed E-state index contributed by atoms with van der Waals surface area (Å²) in [5.74, 6) is 0. The first-order valence-electron chi connectivity index (χ1n) is 7.88. The zero-order valence-electron chi connectivity index (χ0n) is 14.8. The quantitative estimate of drug-likeness (QED) is 0.337. The van der Waals surface area contributed by atoms with Crippen molar-refractivity contribution in [2.75, 3.05) is 0 Å². The van der Waals surface area contributed by atoms with E-state index in [9.17, 15) is 0 Å². The van der Waals surface area contributed by atoms with Crippen molar-refractivity contribution < 1.29 is 0 Å². The van der Waals surface area contributed by atoms with E-state index in [1.165, 1.54) is 11.3 Å². The van der Waals surface area contributed by atoms with Gasteiger partial charge in [0.25, 0.3) is 0 Å². The molecule has 0 N–H and O–H groups in total. The summed E-state index contributed by atoms with van der Waals surface area (Å²) in [7, 11) is 0. The molecular formula is C20H24ClN5S2. The Labute approximate surface area is 179 Å². The Morgan fingerprint density at radius 2 is 1.36 bits per heavy atom. The number of thiazole rings is 2. The fourth-order valence-electron chi connectivity index (χ4n) is 2.62. The second-order valence-electron chi connectivity index (χ2n) is 5.80. The van der Waals surface area contributed by atoms with Crippen LogP contribution in [0, 0.1) is 39.0 Å². The minimum Gasteiger partial charge on any atom is -0.256 e. The Kier molecular flexibility index (Phi) is 8.43. The van der Waals surface area contributed by atoms with Crippen LogP contribution >= 0.6 is 34.3 Å². The van der Waals surface area contributed by atoms with Crippen molar-refractivity contribution in [3.8, 4) is 6.07 Å². The molecule has 0 amide bonds. The Bertz CT molecular complexity index is 1140. The fourth-order valence-corrected chi connectivity index (χ4v) is 4.84. The van der Waals surface area contributed by atoms with Gasteiger partial charge in [0.2, 0.25) is 0 Å². The molecule has 148 valence electrons. The maximum absolute atomic E-state index is 8.57. The molecule has 0 saturated carbocycles.